The van der Waals surface area contributed by atoms with Crippen LogP contribution in [0.5, 0.6) is 11.5 Å². The van der Waals surface area contributed by atoms with Crippen molar-refractivity contribution >= 4 is 17.7 Å². The summed E-state index contributed by atoms with van der Waals surface area (Å²) in [7, 11) is 3.68. The quantitative estimate of drug-likeness (QED) is 0.373. The number of likely N-dealkylation sites (tertiary alicyclic amines) is 1. The molecule has 1 spiro atoms. The minimum Gasteiger partial charge on any atom is -0.504 e. The van der Waals surface area contributed by atoms with Gasteiger partial charge in [0, 0.05) is 30.3 Å². The molecule has 1 saturated heterocycles. The Morgan fingerprint density at radius 2 is 2.11 bits per heavy atom. The van der Waals surface area contributed by atoms with Crippen LogP contribution in [0.1, 0.15) is 41.5 Å². The van der Waals surface area contributed by atoms with Gasteiger partial charge in [-0.15, -0.1) is 0 Å². The van der Waals surface area contributed by atoms with Crippen LogP contribution in [0.4, 0.5) is 5.69 Å². The monoisotopic (exact) mass is 505 g/mol. The third-order valence-electron chi connectivity index (χ3n) is 9.31. The van der Waals surface area contributed by atoms with Gasteiger partial charge in [-0.25, -0.2) is 0 Å². The molecule has 2 heterocycles. The number of rotatable bonds is 4. The lowest BCUT2D eigenvalue weighted by Gasteiger charge is -2.64. The van der Waals surface area contributed by atoms with Gasteiger partial charge in [0.25, 0.3) is 5.69 Å². The highest BCUT2D eigenvalue weighted by atomic mass is 16.6. The molecule has 4 aliphatic rings. The first-order valence-corrected chi connectivity index (χ1v) is 12.7. The van der Waals surface area contributed by atoms with Crippen molar-refractivity contribution in [2.24, 2.45) is 0 Å². The number of aryl methyl sites for hydroxylation is 1. The molecule has 2 bridgehead atoms. The van der Waals surface area contributed by atoms with E-state index in [0.29, 0.717) is 43.4 Å². The van der Waals surface area contributed by atoms with E-state index < -0.39 is 22.0 Å². The third-order valence-corrected chi connectivity index (χ3v) is 9.31. The molecule has 194 valence electrons. The topological polar surface area (TPSA) is 116 Å². The van der Waals surface area contributed by atoms with Crippen LogP contribution < -0.4 is 4.74 Å². The molecular weight excluding hydrogens is 474 g/mol. The van der Waals surface area contributed by atoms with Crippen LogP contribution in [0.15, 0.2) is 36.4 Å². The molecule has 0 aromatic heterocycles. The molecular formula is C28H31N3O6. The van der Waals surface area contributed by atoms with Crippen molar-refractivity contribution in [2.75, 3.05) is 20.6 Å². The smallest absolute Gasteiger partial charge is 0.276 e. The van der Waals surface area contributed by atoms with Crippen LogP contribution in [0.2, 0.25) is 0 Å². The summed E-state index contributed by atoms with van der Waals surface area (Å²) in [5.74, 6) is -0.264. The molecule has 5 atom stereocenters. The van der Waals surface area contributed by atoms with Gasteiger partial charge in [0.1, 0.15) is 6.10 Å². The number of ether oxygens (including phenoxy) is 1. The molecule has 37 heavy (non-hydrogen) atoms. The van der Waals surface area contributed by atoms with E-state index in [0.717, 1.165) is 17.2 Å². The molecule has 9 nitrogen and oxygen atoms in total. The van der Waals surface area contributed by atoms with Crippen molar-refractivity contribution < 1.29 is 24.7 Å². The van der Waals surface area contributed by atoms with E-state index in [9.17, 15) is 25.1 Å². The van der Waals surface area contributed by atoms with Gasteiger partial charge in [0.2, 0.25) is 5.91 Å². The van der Waals surface area contributed by atoms with E-state index >= 15 is 0 Å². The highest BCUT2D eigenvalue weighted by Gasteiger charge is 2.73. The summed E-state index contributed by atoms with van der Waals surface area (Å²) in [6, 6.07) is 8.33. The van der Waals surface area contributed by atoms with Gasteiger partial charge in [0.05, 0.1) is 28.0 Å². The van der Waals surface area contributed by atoms with Crippen molar-refractivity contribution in [1.29, 1.82) is 0 Å². The number of aliphatic hydroxyl groups is 1. The number of carbonyl (C=O) groups is 1. The molecule has 2 aliphatic heterocycles. The van der Waals surface area contributed by atoms with Crippen molar-refractivity contribution in [3.05, 3.63) is 68.8 Å². The summed E-state index contributed by atoms with van der Waals surface area (Å²) >= 11 is 0. The van der Waals surface area contributed by atoms with Crippen LogP contribution in [0, 0.1) is 17.0 Å². The lowest BCUT2D eigenvalue weighted by atomic mass is 9.48. The average molecular weight is 506 g/mol. The lowest BCUT2D eigenvalue weighted by molar-refractivity contribution is -0.386. The van der Waals surface area contributed by atoms with Gasteiger partial charge in [-0.1, -0.05) is 29.8 Å². The molecule has 2 unspecified atom stereocenters. The zero-order valence-electron chi connectivity index (χ0n) is 21.2. The molecule has 2 aromatic carbocycles. The van der Waals surface area contributed by atoms with Gasteiger partial charge >= 0.3 is 0 Å². The van der Waals surface area contributed by atoms with Gasteiger partial charge in [-0.05, 0) is 57.8 Å². The molecule has 2 fully saturated rings. The first-order valence-electron chi connectivity index (χ1n) is 12.7. The first kappa shape index (κ1) is 23.9. The van der Waals surface area contributed by atoms with E-state index in [-0.39, 0.29) is 35.2 Å². The minimum absolute atomic E-state index is 0.144. The fourth-order valence-electron chi connectivity index (χ4n) is 7.58. The molecule has 1 amide bonds. The number of likely N-dealkylation sites (N-methyl/N-ethyl adjacent to an activating group) is 2. The second-order valence-electron chi connectivity index (χ2n) is 11.0. The van der Waals surface area contributed by atoms with Gasteiger partial charge in [-0.3, -0.25) is 14.9 Å². The van der Waals surface area contributed by atoms with Crippen LogP contribution in [-0.4, -0.2) is 75.3 Å². The van der Waals surface area contributed by atoms with E-state index in [1.807, 2.05) is 38.2 Å². The molecule has 2 N–H and O–H groups in total. The number of nitro groups is 1. The predicted octanol–water partition coefficient (Wildman–Crippen LogP) is 2.93. The van der Waals surface area contributed by atoms with Gasteiger partial charge < -0.3 is 24.7 Å². The van der Waals surface area contributed by atoms with E-state index in [2.05, 4.69) is 4.90 Å². The summed E-state index contributed by atoms with van der Waals surface area (Å²) < 4.78 is 6.44. The first-order chi connectivity index (χ1) is 17.6. The van der Waals surface area contributed by atoms with Crippen molar-refractivity contribution in [3.8, 4) is 11.5 Å². The normalized spacial score (nSPS) is 31.6. The Morgan fingerprint density at radius 3 is 2.84 bits per heavy atom. The maximum atomic E-state index is 13.3. The summed E-state index contributed by atoms with van der Waals surface area (Å²) in [5.41, 5.74) is 0.832. The fourth-order valence-corrected chi connectivity index (χ4v) is 7.58. The van der Waals surface area contributed by atoms with Crippen molar-refractivity contribution in [3.63, 3.8) is 0 Å². The summed E-state index contributed by atoms with van der Waals surface area (Å²) in [6.45, 7) is 2.67. The zero-order valence-corrected chi connectivity index (χ0v) is 21.2. The summed E-state index contributed by atoms with van der Waals surface area (Å²) in [5, 5.41) is 35.1. The Balaban J connectivity index is 1.43. The highest BCUT2D eigenvalue weighted by Crippen LogP contribution is 2.66. The Morgan fingerprint density at radius 1 is 1.32 bits per heavy atom. The largest absolute Gasteiger partial charge is 0.504 e. The van der Waals surface area contributed by atoms with Crippen LogP contribution in [-0.2, 0) is 16.6 Å². The number of amides is 1. The number of piperidine rings is 1. The number of carbonyl (C=O) groups excluding carboxylic acids is 1. The van der Waals surface area contributed by atoms with Crippen molar-refractivity contribution in [2.45, 2.75) is 61.8 Å². The second-order valence-corrected chi connectivity index (χ2v) is 11.0. The molecule has 0 radical (unpaired) electrons. The molecule has 1 saturated carbocycles. The SMILES string of the molecule is Cc1cccc(/C=C/C(=O)N(C)C2CC[C@@]3(O)[C@H]4Cc5c([N+](=O)[O-])cc(O)c6c5[C@@]3(CCN4C)C2O6)c1. The number of aromatic hydroxyl groups is 1. The number of hydrogen-bond acceptors (Lipinski definition) is 7. The molecule has 9 heteroatoms. The Hall–Kier alpha value is -3.43. The maximum absolute atomic E-state index is 13.3. The van der Waals surface area contributed by atoms with Gasteiger partial charge in [-0.2, -0.15) is 0 Å². The van der Waals surface area contributed by atoms with E-state index in [4.69, 9.17) is 4.74 Å². The molecule has 2 aliphatic carbocycles. The average Bonchev–Trinajstić information content (AvgIpc) is 3.21. The van der Waals surface area contributed by atoms with E-state index in [1.54, 1.807) is 24.1 Å². The predicted molar refractivity (Wildman–Crippen MR) is 137 cm³/mol. The maximum Gasteiger partial charge on any atom is 0.276 e. The van der Waals surface area contributed by atoms with E-state index in [1.165, 1.54) is 0 Å². The summed E-state index contributed by atoms with van der Waals surface area (Å²) in [4.78, 5) is 28.6. The molecule has 2 aromatic rings. The van der Waals surface area contributed by atoms with Crippen molar-refractivity contribution in [1.82, 2.24) is 9.80 Å². The standard InChI is InChI=1S/C28H31N3O6/c1-16-5-4-6-17(13-16)7-8-23(33)30(3)19-9-10-28(34)22-14-18-20(31(35)36)15-21(32)25-24(18)27(28,26(19)37-25)11-12-29(22)2/h4-8,13,15,19,22,26,32,34H,9-12,14H2,1-3H3/b8-7+/t19?,22-,26?,27+,28-/m1/s1. The highest BCUT2D eigenvalue weighted by molar-refractivity contribution is 5.92. The Kier molecular flexibility index (Phi) is 5.20. The molecule has 6 rings (SSSR count). The number of benzene rings is 2. The number of hydrogen-bond donors (Lipinski definition) is 2. The lowest BCUT2D eigenvalue weighted by Crippen LogP contribution is -2.77. The summed E-state index contributed by atoms with van der Waals surface area (Å²) in [6.07, 6.45) is 4.45. The number of phenols is 1. The number of nitrogens with zero attached hydrogens (tertiary/aromatic N) is 3. The Labute approximate surface area is 215 Å². The fraction of sp³-hybridized carbons (Fsp3) is 0.464. The second kappa shape index (κ2) is 8.03. The number of nitro benzene ring substituents is 1. The van der Waals surface area contributed by atoms with Crippen LogP contribution in [0.3, 0.4) is 0 Å². The zero-order chi connectivity index (χ0) is 26.3. The number of phenolic OH excluding ortho intramolecular Hbond substituents is 1. The Bertz CT molecular complexity index is 1360. The van der Waals surface area contributed by atoms with Gasteiger partial charge in [0.15, 0.2) is 11.5 Å². The van der Waals surface area contributed by atoms with Crippen LogP contribution >= 0.6 is 0 Å². The van der Waals surface area contributed by atoms with Crippen LogP contribution in [0.25, 0.3) is 6.08 Å². The third kappa shape index (κ3) is 3.13. The minimum atomic E-state index is -1.19.